The van der Waals surface area contributed by atoms with E-state index in [0.717, 1.165) is 51.2 Å². The Hall–Kier alpha value is -1.30. The van der Waals surface area contributed by atoms with Gasteiger partial charge in [-0.15, -0.1) is 0 Å². The van der Waals surface area contributed by atoms with Crippen LogP contribution in [0.1, 0.15) is 66.2 Å². The van der Waals surface area contributed by atoms with Crippen LogP contribution in [0, 0.1) is 17.3 Å². The first-order valence-corrected chi connectivity index (χ1v) is 10.6. The lowest BCUT2D eigenvalue weighted by Gasteiger charge is -2.40. The summed E-state index contributed by atoms with van der Waals surface area (Å²) in [6.07, 6.45) is 6.31. The summed E-state index contributed by atoms with van der Waals surface area (Å²) < 4.78 is 11.2. The number of rotatable bonds is 5. The van der Waals surface area contributed by atoms with Crippen molar-refractivity contribution in [2.75, 3.05) is 26.8 Å². The van der Waals surface area contributed by atoms with Gasteiger partial charge >= 0.3 is 5.97 Å². The molecule has 0 amide bonds. The van der Waals surface area contributed by atoms with Crippen molar-refractivity contribution in [3.63, 3.8) is 0 Å². The highest BCUT2D eigenvalue weighted by Crippen LogP contribution is 2.33. The lowest BCUT2D eigenvalue weighted by atomic mass is 9.78. The maximum atomic E-state index is 11.9. The third-order valence-corrected chi connectivity index (χ3v) is 5.74. The second-order valence-electron chi connectivity index (χ2n) is 8.96. The molecule has 2 aliphatic rings. The summed E-state index contributed by atoms with van der Waals surface area (Å²) in [5.41, 5.74) is 0.148. The van der Waals surface area contributed by atoms with Gasteiger partial charge in [-0.1, -0.05) is 20.8 Å². The van der Waals surface area contributed by atoms with E-state index in [4.69, 9.17) is 9.47 Å². The van der Waals surface area contributed by atoms with Crippen LogP contribution < -0.4 is 10.6 Å². The van der Waals surface area contributed by atoms with E-state index in [1.54, 1.807) is 0 Å². The zero-order valence-electron chi connectivity index (χ0n) is 17.8. The minimum Gasteiger partial charge on any atom is -0.466 e. The van der Waals surface area contributed by atoms with Gasteiger partial charge in [0.05, 0.1) is 18.6 Å². The molecule has 6 nitrogen and oxygen atoms in total. The molecule has 1 saturated heterocycles. The lowest BCUT2D eigenvalue weighted by Crippen LogP contribution is -2.50. The van der Waals surface area contributed by atoms with Crippen LogP contribution in [0.25, 0.3) is 0 Å². The van der Waals surface area contributed by atoms with E-state index < -0.39 is 0 Å². The Bertz CT molecular complexity index is 493. The minimum atomic E-state index is -0.0380. The van der Waals surface area contributed by atoms with Gasteiger partial charge in [0, 0.05) is 32.2 Å². The Morgan fingerprint density at radius 2 is 1.89 bits per heavy atom. The molecule has 156 valence electrons. The van der Waals surface area contributed by atoms with Gasteiger partial charge < -0.3 is 20.1 Å². The van der Waals surface area contributed by atoms with E-state index in [2.05, 4.69) is 36.4 Å². The van der Waals surface area contributed by atoms with E-state index in [-0.39, 0.29) is 23.4 Å². The number of nitrogens with zero attached hydrogens (tertiary/aromatic N) is 1. The molecule has 1 heterocycles. The van der Waals surface area contributed by atoms with Crippen LogP contribution in [-0.4, -0.2) is 50.9 Å². The quantitative estimate of drug-likeness (QED) is 0.435. The van der Waals surface area contributed by atoms with Gasteiger partial charge in [-0.05, 0) is 50.9 Å². The number of hydrogen-bond donors (Lipinski definition) is 2. The molecule has 2 fully saturated rings. The summed E-state index contributed by atoms with van der Waals surface area (Å²) in [4.78, 5) is 16.3. The molecule has 1 aliphatic carbocycles. The monoisotopic (exact) mass is 381 g/mol. The van der Waals surface area contributed by atoms with Crippen molar-refractivity contribution in [1.82, 2.24) is 10.6 Å². The van der Waals surface area contributed by atoms with Crippen molar-refractivity contribution >= 4 is 11.9 Å². The Morgan fingerprint density at radius 3 is 2.48 bits per heavy atom. The Labute approximate surface area is 164 Å². The van der Waals surface area contributed by atoms with Crippen LogP contribution in [0.5, 0.6) is 0 Å². The van der Waals surface area contributed by atoms with Crippen LogP contribution in [0.4, 0.5) is 0 Å². The zero-order chi connectivity index (χ0) is 19.9. The van der Waals surface area contributed by atoms with Crippen molar-refractivity contribution < 1.29 is 14.3 Å². The average Bonchev–Trinajstić information content (AvgIpc) is 2.65. The highest BCUT2D eigenvalue weighted by atomic mass is 16.5. The number of guanidine groups is 1. The number of aliphatic imine (C=N–C) groups is 1. The molecule has 2 N–H and O–H groups in total. The summed E-state index contributed by atoms with van der Waals surface area (Å²) in [6.45, 7) is 10.8. The molecule has 0 aromatic heterocycles. The van der Waals surface area contributed by atoms with Crippen LogP contribution >= 0.6 is 0 Å². The molecule has 0 radical (unpaired) electrons. The van der Waals surface area contributed by atoms with Gasteiger partial charge in [-0.25, -0.2) is 0 Å². The molecule has 2 rings (SSSR count). The SMILES string of the molecule is CCOC(=O)C1CCC(NC(=NC)NCC2CCCOC2C(C)(C)C)CC1. The van der Waals surface area contributed by atoms with Crippen molar-refractivity contribution in [3.05, 3.63) is 0 Å². The molecule has 0 aromatic rings. The van der Waals surface area contributed by atoms with Gasteiger partial charge in [-0.2, -0.15) is 0 Å². The van der Waals surface area contributed by atoms with Gasteiger partial charge in [-0.3, -0.25) is 9.79 Å². The average molecular weight is 382 g/mol. The highest BCUT2D eigenvalue weighted by Gasteiger charge is 2.35. The first-order chi connectivity index (χ1) is 12.8. The predicted molar refractivity (Wildman–Crippen MR) is 109 cm³/mol. The molecule has 2 unspecified atom stereocenters. The molecule has 0 aromatic carbocycles. The molecule has 1 aliphatic heterocycles. The van der Waals surface area contributed by atoms with Crippen molar-refractivity contribution in [2.24, 2.45) is 22.2 Å². The maximum absolute atomic E-state index is 11.9. The minimum absolute atomic E-state index is 0.0380. The Morgan fingerprint density at radius 1 is 1.19 bits per heavy atom. The second kappa shape index (κ2) is 10.3. The predicted octanol–water partition coefficient (Wildman–Crippen LogP) is 3.11. The van der Waals surface area contributed by atoms with E-state index in [9.17, 15) is 4.79 Å². The molecule has 27 heavy (non-hydrogen) atoms. The molecule has 2 atom stereocenters. The fraction of sp³-hybridized carbons (Fsp3) is 0.905. The van der Waals surface area contributed by atoms with Crippen LogP contribution in [-0.2, 0) is 14.3 Å². The summed E-state index contributed by atoms with van der Waals surface area (Å²) >= 11 is 0. The fourth-order valence-corrected chi connectivity index (χ4v) is 4.36. The second-order valence-corrected chi connectivity index (χ2v) is 8.96. The van der Waals surface area contributed by atoms with Crippen molar-refractivity contribution in [2.45, 2.75) is 78.4 Å². The van der Waals surface area contributed by atoms with Crippen molar-refractivity contribution in [1.29, 1.82) is 0 Å². The standard InChI is InChI=1S/C21H39N3O3/c1-6-26-19(25)15-9-11-17(12-10-15)24-20(22-5)23-14-16-8-7-13-27-18(16)21(2,3)4/h15-18H,6-14H2,1-5H3,(H2,22,23,24). The van der Waals surface area contributed by atoms with Gasteiger partial charge in [0.1, 0.15) is 0 Å². The molecule has 1 saturated carbocycles. The first-order valence-electron chi connectivity index (χ1n) is 10.6. The van der Waals surface area contributed by atoms with E-state index in [1.165, 1.54) is 6.42 Å². The highest BCUT2D eigenvalue weighted by molar-refractivity contribution is 5.80. The van der Waals surface area contributed by atoms with Crippen LogP contribution in [0.3, 0.4) is 0 Å². The summed E-state index contributed by atoms with van der Waals surface area (Å²) in [5, 5.41) is 7.05. The Balaban J connectivity index is 1.78. The number of esters is 1. The van der Waals surface area contributed by atoms with Gasteiger partial charge in [0.2, 0.25) is 0 Å². The van der Waals surface area contributed by atoms with Crippen LogP contribution in [0.2, 0.25) is 0 Å². The number of carbonyl (C=O) groups is 1. The van der Waals surface area contributed by atoms with Gasteiger partial charge in [0.15, 0.2) is 5.96 Å². The summed E-state index contributed by atoms with van der Waals surface area (Å²) in [6, 6.07) is 0.364. The number of ether oxygens (including phenoxy) is 2. The topological polar surface area (TPSA) is 72.0 Å². The maximum Gasteiger partial charge on any atom is 0.308 e. The van der Waals surface area contributed by atoms with Gasteiger partial charge in [0.25, 0.3) is 0 Å². The number of carbonyl (C=O) groups excluding carboxylic acids is 1. The number of nitrogens with one attached hydrogen (secondary N) is 2. The Kier molecular flexibility index (Phi) is 8.39. The molecular formula is C21H39N3O3. The smallest absolute Gasteiger partial charge is 0.308 e. The fourth-order valence-electron chi connectivity index (χ4n) is 4.36. The molecule has 0 spiro atoms. The summed E-state index contributed by atoms with van der Waals surface area (Å²) in [7, 11) is 1.82. The molecular weight excluding hydrogens is 342 g/mol. The third kappa shape index (κ3) is 6.66. The number of hydrogen-bond acceptors (Lipinski definition) is 4. The molecule has 6 heteroatoms. The van der Waals surface area contributed by atoms with Crippen LogP contribution in [0.15, 0.2) is 4.99 Å². The third-order valence-electron chi connectivity index (χ3n) is 5.74. The van der Waals surface area contributed by atoms with E-state index in [0.29, 0.717) is 18.6 Å². The largest absolute Gasteiger partial charge is 0.466 e. The van der Waals surface area contributed by atoms with E-state index >= 15 is 0 Å². The normalized spacial score (nSPS) is 29.9. The van der Waals surface area contributed by atoms with E-state index in [1.807, 2.05) is 14.0 Å². The van der Waals surface area contributed by atoms with Crippen molar-refractivity contribution in [3.8, 4) is 0 Å². The summed E-state index contributed by atoms with van der Waals surface area (Å²) in [5.74, 6) is 1.37. The lowest BCUT2D eigenvalue weighted by molar-refractivity contribution is -0.149. The molecule has 0 bridgehead atoms. The zero-order valence-corrected chi connectivity index (χ0v) is 17.8. The first kappa shape index (κ1) is 22.0.